The lowest BCUT2D eigenvalue weighted by atomic mass is 9.89. The Labute approximate surface area is 52.3 Å². The molecule has 1 heteroatoms. The van der Waals surface area contributed by atoms with Gasteiger partial charge in [0.05, 0.1) is 6.54 Å². The van der Waals surface area contributed by atoms with E-state index in [0.29, 0.717) is 5.41 Å². The Morgan fingerprint density at radius 3 is 2.00 bits per heavy atom. The number of rotatable bonds is 3. The zero-order valence-electron chi connectivity index (χ0n) is 6.33. The van der Waals surface area contributed by atoms with Crippen molar-refractivity contribution in [2.45, 2.75) is 33.6 Å². The van der Waals surface area contributed by atoms with Crippen LogP contribution in [0.5, 0.6) is 0 Å². The van der Waals surface area contributed by atoms with Crippen molar-refractivity contribution in [3.8, 4) is 0 Å². The molecule has 0 amide bonds. The summed E-state index contributed by atoms with van der Waals surface area (Å²) in [5, 5.41) is 0. The molecular weight excluding hydrogens is 98.1 g/mol. The van der Waals surface area contributed by atoms with Crippen LogP contribution in [0.3, 0.4) is 0 Å². The summed E-state index contributed by atoms with van der Waals surface area (Å²) < 4.78 is 0. The van der Waals surface area contributed by atoms with Gasteiger partial charge in [0.15, 0.2) is 0 Å². The predicted molar refractivity (Wildman–Crippen MR) is 36.4 cm³/mol. The van der Waals surface area contributed by atoms with Crippen LogP contribution in [0.1, 0.15) is 33.6 Å². The van der Waals surface area contributed by atoms with Gasteiger partial charge in [-0.15, -0.1) is 0 Å². The number of quaternary nitrogens is 1. The van der Waals surface area contributed by atoms with E-state index in [1.54, 1.807) is 0 Å². The van der Waals surface area contributed by atoms with Crippen molar-refractivity contribution < 1.29 is 5.73 Å². The fraction of sp³-hybridized carbons (Fsp3) is 1.00. The quantitative estimate of drug-likeness (QED) is 0.571. The Balaban J connectivity index is 3.37. The normalized spacial score (nSPS) is 12.0. The average Bonchev–Trinajstić information content (AvgIpc) is 1.67. The molecule has 50 valence electrons. The molecule has 0 rings (SSSR count). The zero-order chi connectivity index (χ0) is 6.62. The summed E-state index contributed by atoms with van der Waals surface area (Å²) in [6.07, 6.45) is 2.58. The molecule has 0 aromatic heterocycles. The van der Waals surface area contributed by atoms with E-state index < -0.39 is 0 Å². The summed E-state index contributed by atoms with van der Waals surface area (Å²) in [7, 11) is 0. The molecule has 1 nitrogen and oxygen atoms in total. The lowest BCUT2D eigenvalue weighted by Crippen LogP contribution is -2.56. The average molecular weight is 116 g/mol. The largest absolute Gasteiger partial charge is 0.357 e. The van der Waals surface area contributed by atoms with Gasteiger partial charge in [-0.05, 0) is 6.42 Å². The van der Waals surface area contributed by atoms with Crippen LogP contribution in [0, 0.1) is 5.41 Å². The molecule has 0 unspecified atom stereocenters. The first kappa shape index (κ1) is 7.96. The molecule has 0 heterocycles. The third kappa shape index (κ3) is 3.03. The fourth-order valence-electron chi connectivity index (χ4n) is 0.802. The van der Waals surface area contributed by atoms with Crippen LogP contribution in [0.25, 0.3) is 0 Å². The van der Waals surface area contributed by atoms with Crippen LogP contribution in [0.15, 0.2) is 0 Å². The highest BCUT2D eigenvalue weighted by molar-refractivity contribution is 4.63. The summed E-state index contributed by atoms with van der Waals surface area (Å²) in [4.78, 5) is 0. The molecule has 0 bridgehead atoms. The van der Waals surface area contributed by atoms with Crippen LogP contribution in [0.2, 0.25) is 0 Å². The zero-order valence-corrected chi connectivity index (χ0v) is 6.33. The van der Waals surface area contributed by atoms with E-state index in [4.69, 9.17) is 0 Å². The highest BCUT2D eigenvalue weighted by Crippen LogP contribution is 2.18. The molecule has 0 saturated heterocycles. The smallest absolute Gasteiger partial charge is 0.0791 e. The van der Waals surface area contributed by atoms with Gasteiger partial charge >= 0.3 is 0 Å². The van der Waals surface area contributed by atoms with Crippen molar-refractivity contribution in [1.82, 2.24) is 0 Å². The van der Waals surface area contributed by atoms with Crippen molar-refractivity contribution >= 4 is 0 Å². The Morgan fingerprint density at radius 1 is 1.38 bits per heavy atom. The molecule has 0 spiro atoms. The first-order valence-corrected chi connectivity index (χ1v) is 3.41. The predicted octanol–water partition coefficient (Wildman–Crippen LogP) is 1.05. The van der Waals surface area contributed by atoms with E-state index in [1.165, 1.54) is 12.8 Å². The Hall–Kier alpha value is -0.0400. The van der Waals surface area contributed by atoms with Crippen LogP contribution in [-0.4, -0.2) is 6.54 Å². The molecule has 0 saturated carbocycles. The molecule has 0 aliphatic rings. The van der Waals surface area contributed by atoms with Gasteiger partial charge in [0.1, 0.15) is 0 Å². The van der Waals surface area contributed by atoms with Gasteiger partial charge in [0.2, 0.25) is 0 Å². The Morgan fingerprint density at radius 2 is 1.88 bits per heavy atom. The summed E-state index contributed by atoms with van der Waals surface area (Å²) in [6, 6.07) is 0. The Bertz CT molecular complexity index is 57.4. The fourth-order valence-corrected chi connectivity index (χ4v) is 0.802. The number of hydrogen-bond acceptors (Lipinski definition) is 0. The molecule has 8 heavy (non-hydrogen) atoms. The van der Waals surface area contributed by atoms with E-state index in [-0.39, 0.29) is 0 Å². The molecular formula is C7H18N+. The second-order valence-electron chi connectivity index (χ2n) is 3.16. The van der Waals surface area contributed by atoms with Gasteiger partial charge in [0, 0.05) is 5.41 Å². The third-order valence-electron chi connectivity index (χ3n) is 1.60. The standard InChI is InChI=1S/C7H17N/c1-4-5-7(2,3)6-8/h4-6,8H2,1-3H3/p+1. The molecule has 0 radical (unpaired) electrons. The molecule has 0 aliphatic carbocycles. The summed E-state index contributed by atoms with van der Waals surface area (Å²) in [5.41, 5.74) is 4.36. The second kappa shape index (κ2) is 3.08. The van der Waals surface area contributed by atoms with Crippen molar-refractivity contribution in [3.63, 3.8) is 0 Å². The lowest BCUT2D eigenvalue weighted by Gasteiger charge is -2.17. The third-order valence-corrected chi connectivity index (χ3v) is 1.60. The minimum absolute atomic E-state index is 0.481. The highest BCUT2D eigenvalue weighted by atomic mass is 14.6. The SMILES string of the molecule is CCCC(C)(C)C[NH3+]. The second-order valence-corrected chi connectivity index (χ2v) is 3.16. The molecule has 0 aromatic carbocycles. The van der Waals surface area contributed by atoms with E-state index >= 15 is 0 Å². The maximum atomic E-state index is 3.88. The molecule has 0 atom stereocenters. The van der Waals surface area contributed by atoms with Crippen LogP contribution < -0.4 is 5.73 Å². The van der Waals surface area contributed by atoms with Crippen LogP contribution in [-0.2, 0) is 0 Å². The van der Waals surface area contributed by atoms with Crippen LogP contribution >= 0.6 is 0 Å². The maximum Gasteiger partial charge on any atom is 0.0791 e. The minimum Gasteiger partial charge on any atom is -0.357 e. The maximum absolute atomic E-state index is 3.88. The first-order valence-electron chi connectivity index (χ1n) is 3.41. The van der Waals surface area contributed by atoms with Gasteiger partial charge in [-0.2, -0.15) is 0 Å². The number of hydrogen-bond donors (Lipinski definition) is 1. The Kier molecular flexibility index (Phi) is 3.06. The topological polar surface area (TPSA) is 27.6 Å². The lowest BCUT2D eigenvalue weighted by molar-refractivity contribution is -0.390. The molecule has 0 aliphatic heterocycles. The van der Waals surface area contributed by atoms with E-state index in [1.807, 2.05) is 0 Å². The van der Waals surface area contributed by atoms with Gasteiger partial charge in [-0.3, -0.25) is 0 Å². The molecule has 0 aromatic rings. The molecule has 3 N–H and O–H groups in total. The van der Waals surface area contributed by atoms with E-state index in [2.05, 4.69) is 26.5 Å². The van der Waals surface area contributed by atoms with Crippen molar-refractivity contribution in [2.24, 2.45) is 5.41 Å². The molecule has 0 fully saturated rings. The monoisotopic (exact) mass is 116 g/mol. The van der Waals surface area contributed by atoms with Gasteiger partial charge in [-0.25, -0.2) is 0 Å². The van der Waals surface area contributed by atoms with Crippen LogP contribution in [0.4, 0.5) is 0 Å². The van der Waals surface area contributed by atoms with Crippen molar-refractivity contribution in [1.29, 1.82) is 0 Å². The van der Waals surface area contributed by atoms with Gasteiger partial charge < -0.3 is 5.73 Å². The van der Waals surface area contributed by atoms with Crippen molar-refractivity contribution in [3.05, 3.63) is 0 Å². The summed E-state index contributed by atoms with van der Waals surface area (Å²) in [6.45, 7) is 7.81. The first-order chi connectivity index (χ1) is 3.62. The summed E-state index contributed by atoms with van der Waals surface area (Å²) >= 11 is 0. The minimum atomic E-state index is 0.481. The highest BCUT2D eigenvalue weighted by Gasteiger charge is 2.15. The summed E-state index contributed by atoms with van der Waals surface area (Å²) in [5.74, 6) is 0. The van der Waals surface area contributed by atoms with Gasteiger partial charge in [-0.1, -0.05) is 27.2 Å². The van der Waals surface area contributed by atoms with E-state index in [0.717, 1.165) is 6.54 Å². The van der Waals surface area contributed by atoms with E-state index in [9.17, 15) is 0 Å². The van der Waals surface area contributed by atoms with Crippen molar-refractivity contribution in [2.75, 3.05) is 6.54 Å². The van der Waals surface area contributed by atoms with Gasteiger partial charge in [0.25, 0.3) is 0 Å².